The van der Waals surface area contributed by atoms with Crippen molar-refractivity contribution >= 4 is 23.4 Å². The quantitative estimate of drug-likeness (QED) is 0.734. The van der Waals surface area contributed by atoms with E-state index in [2.05, 4.69) is 30.5 Å². The first-order valence-electron chi connectivity index (χ1n) is 9.71. The number of carbonyl (C=O) groups excluding carboxylic acids is 1. The second-order valence-electron chi connectivity index (χ2n) is 7.44. The van der Waals surface area contributed by atoms with Crippen molar-refractivity contribution in [1.29, 1.82) is 0 Å². The molecule has 2 aliphatic rings. The van der Waals surface area contributed by atoms with Gasteiger partial charge in [-0.05, 0) is 44.7 Å². The molecule has 2 heterocycles. The standard InChI is InChI=1S/C21H27N3OS/c1-15-16(2)24(18-9-4-3-5-10-18)21(22-15)26-14-20(25)23-13-12-17-8-6-7-11-19(17)23/h6-8,11,18H,3-5,9-10,12-14H2,1-2H3. The van der Waals surface area contributed by atoms with Crippen LogP contribution in [0.5, 0.6) is 0 Å². The van der Waals surface area contributed by atoms with Crippen LogP contribution >= 0.6 is 11.8 Å². The normalized spacial score (nSPS) is 17.5. The van der Waals surface area contributed by atoms with Gasteiger partial charge in [0.1, 0.15) is 0 Å². The Bertz CT molecular complexity index is 808. The van der Waals surface area contributed by atoms with E-state index in [1.807, 2.05) is 17.0 Å². The number of hydrogen-bond donors (Lipinski definition) is 0. The highest BCUT2D eigenvalue weighted by Crippen LogP contribution is 2.35. The predicted octanol–water partition coefficient (Wildman–Crippen LogP) is 4.69. The molecule has 0 bridgehead atoms. The molecule has 1 amide bonds. The fourth-order valence-corrected chi connectivity index (χ4v) is 5.30. The van der Waals surface area contributed by atoms with Crippen molar-refractivity contribution in [2.45, 2.75) is 63.6 Å². The summed E-state index contributed by atoms with van der Waals surface area (Å²) >= 11 is 1.61. The van der Waals surface area contributed by atoms with E-state index < -0.39 is 0 Å². The number of anilines is 1. The smallest absolute Gasteiger partial charge is 0.237 e. The van der Waals surface area contributed by atoms with Gasteiger partial charge in [-0.25, -0.2) is 4.98 Å². The van der Waals surface area contributed by atoms with Gasteiger partial charge in [0.2, 0.25) is 5.91 Å². The number of carbonyl (C=O) groups is 1. The van der Waals surface area contributed by atoms with E-state index in [0.717, 1.165) is 29.5 Å². The lowest BCUT2D eigenvalue weighted by molar-refractivity contribution is -0.116. The molecule has 0 saturated heterocycles. The molecule has 4 rings (SSSR count). The molecule has 0 atom stereocenters. The molecule has 1 aromatic carbocycles. The molecule has 1 aliphatic carbocycles. The van der Waals surface area contributed by atoms with Gasteiger partial charge in [0.25, 0.3) is 0 Å². The van der Waals surface area contributed by atoms with Crippen LogP contribution in [0, 0.1) is 13.8 Å². The Kier molecular flexibility index (Phi) is 5.07. The van der Waals surface area contributed by atoms with Gasteiger partial charge in [-0.2, -0.15) is 0 Å². The van der Waals surface area contributed by atoms with Crippen LogP contribution in [0.15, 0.2) is 29.4 Å². The number of aryl methyl sites for hydroxylation is 1. The minimum atomic E-state index is 0.188. The maximum atomic E-state index is 12.8. The second-order valence-corrected chi connectivity index (χ2v) is 8.38. The zero-order valence-corrected chi connectivity index (χ0v) is 16.5. The van der Waals surface area contributed by atoms with Crippen LogP contribution in [0.25, 0.3) is 0 Å². The van der Waals surface area contributed by atoms with Crippen molar-refractivity contribution in [3.8, 4) is 0 Å². The van der Waals surface area contributed by atoms with Gasteiger partial charge < -0.3 is 9.47 Å². The van der Waals surface area contributed by atoms with E-state index in [4.69, 9.17) is 4.98 Å². The van der Waals surface area contributed by atoms with Gasteiger partial charge in [-0.3, -0.25) is 4.79 Å². The summed E-state index contributed by atoms with van der Waals surface area (Å²) in [5.41, 5.74) is 4.72. The Labute approximate surface area is 160 Å². The summed E-state index contributed by atoms with van der Waals surface area (Å²) in [5.74, 6) is 0.644. The molecule has 0 radical (unpaired) electrons. The average Bonchev–Trinajstić information content (AvgIpc) is 3.22. The molecule has 5 heteroatoms. The SMILES string of the molecule is Cc1nc(SCC(=O)N2CCc3ccccc32)n(C2CCCCC2)c1C. The molecule has 2 aromatic rings. The van der Waals surface area contributed by atoms with E-state index in [1.165, 1.54) is 43.4 Å². The number of fused-ring (bicyclic) bond motifs is 1. The molecular formula is C21H27N3OS. The Morgan fingerprint density at radius 2 is 1.96 bits per heavy atom. The molecule has 26 heavy (non-hydrogen) atoms. The Balaban J connectivity index is 1.48. The summed E-state index contributed by atoms with van der Waals surface area (Å²) in [6.45, 7) is 5.05. The minimum Gasteiger partial charge on any atom is -0.320 e. The fraction of sp³-hybridized carbons (Fsp3) is 0.524. The van der Waals surface area contributed by atoms with Crippen LogP contribution < -0.4 is 4.90 Å². The summed E-state index contributed by atoms with van der Waals surface area (Å²) in [5, 5.41) is 1.02. The monoisotopic (exact) mass is 369 g/mol. The number of aromatic nitrogens is 2. The second kappa shape index (κ2) is 7.47. The summed E-state index contributed by atoms with van der Waals surface area (Å²) in [6, 6.07) is 8.80. The number of thioether (sulfide) groups is 1. The van der Waals surface area contributed by atoms with Crippen LogP contribution in [-0.4, -0.2) is 27.8 Å². The van der Waals surface area contributed by atoms with E-state index in [-0.39, 0.29) is 5.91 Å². The van der Waals surface area contributed by atoms with Gasteiger partial charge in [0.05, 0.1) is 11.4 Å². The van der Waals surface area contributed by atoms with Crippen LogP contribution in [0.4, 0.5) is 5.69 Å². The number of imidazole rings is 1. The van der Waals surface area contributed by atoms with E-state index in [0.29, 0.717) is 11.8 Å². The third-order valence-electron chi connectivity index (χ3n) is 5.81. The van der Waals surface area contributed by atoms with Crippen molar-refractivity contribution in [3.63, 3.8) is 0 Å². The van der Waals surface area contributed by atoms with Crippen molar-refractivity contribution in [2.24, 2.45) is 0 Å². The van der Waals surface area contributed by atoms with Crippen LogP contribution in [0.3, 0.4) is 0 Å². The molecule has 0 unspecified atom stereocenters. The maximum absolute atomic E-state index is 12.8. The highest BCUT2D eigenvalue weighted by molar-refractivity contribution is 7.99. The molecule has 138 valence electrons. The minimum absolute atomic E-state index is 0.188. The van der Waals surface area contributed by atoms with E-state index in [9.17, 15) is 4.79 Å². The first kappa shape index (κ1) is 17.7. The van der Waals surface area contributed by atoms with Crippen molar-refractivity contribution < 1.29 is 4.79 Å². The molecule has 1 fully saturated rings. The third-order valence-corrected chi connectivity index (χ3v) is 6.74. The lowest BCUT2D eigenvalue weighted by Crippen LogP contribution is -2.30. The van der Waals surface area contributed by atoms with Crippen LogP contribution in [-0.2, 0) is 11.2 Å². The lowest BCUT2D eigenvalue weighted by atomic mass is 9.95. The van der Waals surface area contributed by atoms with Gasteiger partial charge in [-0.1, -0.05) is 49.2 Å². The largest absolute Gasteiger partial charge is 0.320 e. The molecular weight excluding hydrogens is 342 g/mol. The van der Waals surface area contributed by atoms with Gasteiger partial charge in [0, 0.05) is 24.0 Å². The topological polar surface area (TPSA) is 38.1 Å². The van der Waals surface area contributed by atoms with Gasteiger partial charge >= 0.3 is 0 Å². The van der Waals surface area contributed by atoms with Crippen LogP contribution in [0.1, 0.15) is 55.1 Å². The summed E-state index contributed by atoms with van der Waals surface area (Å²) < 4.78 is 2.41. The Morgan fingerprint density at radius 3 is 2.77 bits per heavy atom. The summed E-state index contributed by atoms with van der Waals surface area (Å²) in [4.78, 5) is 19.6. The molecule has 1 aromatic heterocycles. The number of nitrogens with zero attached hydrogens (tertiary/aromatic N) is 3. The fourth-order valence-electron chi connectivity index (χ4n) is 4.27. The molecule has 1 aliphatic heterocycles. The Hall–Kier alpha value is -1.75. The maximum Gasteiger partial charge on any atom is 0.237 e. The van der Waals surface area contributed by atoms with Crippen molar-refractivity contribution in [2.75, 3.05) is 17.2 Å². The zero-order chi connectivity index (χ0) is 18.1. The first-order valence-corrected chi connectivity index (χ1v) is 10.7. The summed E-state index contributed by atoms with van der Waals surface area (Å²) in [7, 11) is 0. The van der Waals surface area contributed by atoms with Crippen LogP contribution in [0.2, 0.25) is 0 Å². The first-order chi connectivity index (χ1) is 12.6. The molecule has 0 N–H and O–H groups in total. The number of amides is 1. The number of benzene rings is 1. The molecule has 4 nitrogen and oxygen atoms in total. The van der Waals surface area contributed by atoms with Crippen molar-refractivity contribution in [3.05, 3.63) is 41.2 Å². The highest BCUT2D eigenvalue weighted by atomic mass is 32.2. The molecule has 0 spiro atoms. The van der Waals surface area contributed by atoms with E-state index >= 15 is 0 Å². The highest BCUT2D eigenvalue weighted by Gasteiger charge is 2.26. The zero-order valence-electron chi connectivity index (χ0n) is 15.7. The average molecular weight is 370 g/mol. The number of hydrogen-bond acceptors (Lipinski definition) is 3. The number of rotatable bonds is 4. The number of para-hydroxylation sites is 1. The summed E-state index contributed by atoms with van der Waals surface area (Å²) in [6.07, 6.45) is 7.37. The third kappa shape index (κ3) is 3.29. The van der Waals surface area contributed by atoms with Gasteiger partial charge in [0.15, 0.2) is 5.16 Å². The Morgan fingerprint density at radius 1 is 1.19 bits per heavy atom. The van der Waals surface area contributed by atoms with Crippen molar-refractivity contribution in [1.82, 2.24) is 9.55 Å². The molecule has 1 saturated carbocycles. The predicted molar refractivity (Wildman–Crippen MR) is 107 cm³/mol. The van der Waals surface area contributed by atoms with Gasteiger partial charge in [-0.15, -0.1) is 0 Å². The lowest BCUT2D eigenvalue weighted by Gasteiger charge is -2.26. The van der Waals surface area contributed by atoms with E-state index in [1.54, 1.807) is 11.8 Å².